The van der Waals surface area contributed by atoms with Crippen molar-refractivity contribution in [2.45, 2.75) is 13.5 Å². The van der Waals surface area contributed by atoms with Crippen molar-refractivity contribution in [3.8, 4) is 11.8 Å². The lowest BCUT2D eigenvalue weighted by molar-refractivity contribution is 0.141. The summed E-state index contributed by atoms with van der Waals surface area (Å²) in [5.74, 6) is 5.72. The Labute approximate surface area is 124 Å². The van der Waals surface area contributed by atoms with E-state index in [0.717, 1.165) is 11.3 Å². The molecule has 0 fully saturated rings. The molecule has 0 aliphatic carbocycles. The minimum atomic E-state index is -0.481. The van der Waals surface area contributed by atoms with Gasteiger partial charge < -0.3 is 10.1 Å². The minimum absolute atomic E-state index is 0.225. The number of nitrogens with one attached hydrogen (secondary N) is 1. The van der Waals surface area contributed by atoms with Gasteiger partial charge in [0.25, 0.3) is 0 Å². The molecule has 0 saturated carbocycles. The third kappa shape index (κ3) is 5.37. The Kier molecular flexibility index (Phi) is 5.36. The number of nitrogens with zero attached hydrogens (tertiary/aromatic N) is 1. The lowest BCUT2D eigenvalue weighted by atomic mass is 10.2. The number of ether oxygens (including phenoxy) is 1. The standard InChI is InChI=1S/C17H16N2O2/c1-14-7-5-10-16(19-14)11-6-12-18-17(20)21-13-15-8-3-2-4-9-15/h2-5,7-10H,12-13H2,1H3,(H,18,20). The van der Waals surface area contributed by atoms with Crippen LogP contribution in [0.25, 0.3) is 0 Å². The van der Waals surface area contributed by atoms with Gasteiger partial charge in [-0.05, 0) is 30.5 Å². The van der Waals surface area contributed by atoms with Gasteiger partial charge in [-0.1, -0.05) is 42.3 Å². The summed E-state index contributed by atoms with van der Waals surface area (Å²) in [6.45, 7) is 2.38. The van der Waals surface area contributed by atoms with Crippen molar-refractivity contribution in [1.29, 1.82) is 0 Å². The number of benzene rings is 1. The van der Waals surface area contributed by atoms with Crippen molar-refractivity contribution in [1.82, 2.24) is 10.3 Å². The number of aromatic nitrogens is 1. The number of amides is 1. The van der Waals surface area contributed by atoms with Crippen LogP contribution in [0.3, 0.4) is 0 Å². The molecule has 0 spiro atoms. The zero-order valence-corrected chi connectivity index (χ0v) is 11.8. The summed E-state index contributed by atoms with van der Waals surface area (Å²) < 4.78 is 5.07. The molecule has 4 heteroatoms. The van der Waals surface area contributed by atoms with Crippen molar-refractivity contribution < 1.29 is 9.53 Å². The number of carbonyl (C=O) groups excluding carboxylic acids is 1. The van der Waals surface area contributed by atoms with E-state index in [1.165, 1.54) is 0 Å². The Balaban J connectivity index is 1.72. The molecule has 0 aliphatic heterocycles. The van der Waals surface area contributed by atoms with Crippen LogP contribution in [0.4, 0.5) is 4.79 Å². The lowest BCUT2D eigenvalue weighted by Gasteiger charge is -2.04. The molecule has 1 heterocycles. The molecule has 0 saturated heterocycles. The van der Waals surface area contributed by atoms with E-state index in [1.54, 1.807) is 0 Å². The molecule has 0 aliphatic rings. The molecular weight excluding hydrogens is 264 g/mol. The van der Waals surface area contributed by atoms with Gasteiger partial charge in [-0.3, -0.25) is 0 Å². The molecule has 1 amide bonds. The second-order valence-corrected chi connectivity index (χ2v) is 4.38. The summed E-state index contributed by atoms with van der Waals surface area (Å²) in [4.78, 5) is 15.7. The maximum Gasteiger partial charge on any atom is 0.408 e. The molecule has 106 valence electrons. The van der Waals surface area contributed by atoms with Crippen LogP contribution in [-0.4, -0.2) is 17.6 Å². The average Bonchev–Trinajstić information content (AvgIpc) is 2.51. The van der Waals surface area contributed by atoms with Gasteiger partial charge in [0.1, 0.15) is 12.3 Å². The predicted octanol–water partition coefficient (Wildman–Crippen LogP) is 2.67. The molecule has 0 atom stereocenters. The van der Waals surface area contributed by atoms with Gasteiger partial charge in [0, 0.05) is 5.69 Å². The second-order valence-electron chi connectivity index (χ2n) is 4.38. The molecule has 0 bridgehead atoms. The number of aryl methyl sites for hydroxylation is 1. The monoisotopic (exact) mass is 280 g/mol. The smallest absolute Gasteiger partial charge is 0.408 e. The zero-order valence-electron chi connectivity index (χ0n) is 11.8. The zero-order chi connectivity index (χ0) is 14.9. The first kappa shape index (κ1) is 14.6. The van der Waals surface area contributed by atoms with Crippen molar-refractivity contribution in [3.63, 3.8) is 0 Å². The van der Waals surface area contributed by atoms with E-state index >= 15 is 0 Å². The number of carbonyl (C=O) groups is 1. The quantitative estimate of drug-likeness (QED) is 0.879. The summed E-state index contributed by atoms with van der Waals surface area (Å²) >= 11 is 0. The Morgan fingerprint density at radius 1 is 1.19 bits per heavy atom. The maximum absolute atomic E-state index is 11.5. The highest BCUT2D eigenvalue weighted by Crippen LogP contribution is 2.00. The molecule has 0 radical (unpaired) electrons. The van der Waals surface area contributed by atoms with Crippen LogP contribution in [-0.2, 0) is 11.3 Å². The fraction of sp³-hybridized carbons (Fsp3) is 0.176. The third-order valence-corrected chi connectivity index (χ3v) is 2.64. The van der Waals surface area contributed by atoms with E-state index in [-0.39, 0.29) is 13.2 Å². The Morgan fingerprint density at radius 2 is 2.00 bits per heavy atom. The van der Waals surface area contributed by atoms with Gasteiger partial charge in [0.2, 0.25) is 0 Å². The van der Waals surface area contributed by atoms with Crippen LogP contribution >= 0.6 is 0 Å². The normalized spacial score (nSPS) is 9.38. The predicted molar refractivity (Wildman–Crippen MR) is 80.5 cm³/mol. The molecule has 1 N–H and O–H groups in total. The first-order chi connectivity index (χ1) is 10.2. The molecule has 1 aromatic heterocycles. The second kappa shape index (κ2) is 7.71. The van der Waals surface area contributed by atoms with Crippen LogP contribution in [0, 0.1) is 18.8 Å². The molecule has 2 aromatic rings. The highest BCUT2D eigenvalue weighted by molar-refractivity contribution is 5.67. The maximum atomic E-state index is 11.5. The summed E-state index contributed by atoms with van der Waals surface area (Å²) in [6, 6.07) is 15.1. The summed E-state index contributed by atoms with van der Waals surface area (Å²) in [5.41, 5.74) is 2.55. The highest BCUT2D eigenvalue weighted by atomic mass is 16.5. The van der Waals surface area contributed by atoms with E-state index in [9.17, 15) is 4.79 Å². The largest absolute Gasteiger partial charge is 0.445 e. The van der Waals surface area contributed by atoms with Gasteiger partial charge in [0.15, 0.2) is 0 Å². The van der Waals surface area contributed by atoms with E-state index in [2.05, 4.69) is 22.1 Å². The number of pyridine rings is 1. The average molecular weight is 280 g/mol. The minimum Gasteiger partial charge on any atom is -0.445 e. The van der Waals surface area contributed by atoms with Crippen molar-refractivity contribution in [2.24, 2.45) is 0 Å². The van der Waals surface area contributed by atoms with Gasteiger partial charge in [-0.15, -0.1) is 0 Å². The van der Waals surface area contributed by atoms with Crippen molar-refractivity contribution >= 4 is 6.09 Å². The topological polar surface area (TPSA) is 51.2 Å². The summed E-state index contributed by atoms with van der Waals surface area (Å²) in [7, 11) is 0. The fourth-order valence-electron chi connectivity index (χ4n) is 1.64. The van der Waals surface area contributed by atoms with Gasteiger partial charge >= 0.3 is 6.09 Å². The van der Waals surface area contributed by atoms with E-state index in [0.29, 0.717) is 5.69 Å². The number of hydrogen-bond acceptors (Lipinski definition) is 3. The fourth-order valence-corrected chi connectivity index (χ4v) is 1.64. The van der Waals surface area contributed by atoms with Crippen LogP contribution in [0.1, 0.15) is 17.0 Å². The lowest BCUT2D eigenvalue weighted by Crippen LogP contribution is -2.24. The van der Waals surface area contributed by atoms with E-state index in [4.69, 9.17) is 4.74 Å². The molecule has 2 rings (SSSR count). The van der Waals surface area contributed by atoms with Gasteiger partial charge in [0.05, 0.1) is 6.54 Å². The Bertz CT molecular complexity index is 657. The molecule has 0 unspecified atom stereocenters. The van der Waals surface area contributed by atoms with Gasteiger partial charge in [-0.2, -0.15) is 0 Å². The van der Waals surface area contributed by atoms with Crippen molar-refractivity contribution in [2.75, 3.05) is 6.54 Å². The molecule has 1 aromatic carbocycles. The summed E-state index contributed by atoms with van der Waals surface area (Å²) in [5, 5.41) is 2.58. The number of rotatable bonds is 3. The number of alkyl carbamates (subject to hydrolysis) is 1. The Morgan fingerprint density at radius 3 is 2.76 bits per heavy atom. The Hall–Kier alpha value is -2.80. The molecule has 21 heavy (non-hydrogen) atoms. The van der Waals surface area contributed by atoms with Crippen LogP contribution in [0.2, 0.25) is 0 Å². The van der Waals surface area contributed by atoms with Crippen LogP contribution in [0.15, 0.2) is 48.5 Å². The molecule has 4 nitrogen and oxygen atoms in total. The van der Waals surface area contributed by atoms with Gasteiger partial charge in [-0.25, -0.2) is 9.78 Å². The first-order valence-corrected chi connectivity index (χ1v) is 6.61. The van der Waals surface area contributed by atoms with E-state index in [1.807, 2.05) is 55.5 Å². The summed E-state index contributed by atoms with van der Waals surface area (Å²) in [6.07, 6.45) is -0.481. The highest BCUT2D eigenvalue weighted by Gasteiger charge is 2.00. The van der Waals surface area contributed by atoms with E-state index < -0.39 is 6.09 Å². The molecular formula is C17H16N2O2. The number of hydrogen-bond donors (Lipinski definition) is 1. The van der Waals surface area contributed by atoms with Crippen LogP contribution in [0.5, 0.6) is 0 Å². The third-order valence-electron chi connectivity index (χ3n) is 2.64. The SMILES string of the molecule is Cc1cccc(C#CCNC(=O)OCc2ccccc2)n1. The van der Waals surface area contributed by atoms with Crippen molar-refractivity contribution in [3.05, 3.63) is 65.5 Å². The van der Waals surface area contributed by atoms with Crippen LogP contribution < -0.4 is 5.32 Å². The first-order valence-electron chi connectivity index (χ1n) is 6.61.